The fourth-order valence-corrected chi connectivity index (χ4v) is 5.10. The Morgan fingerprint density at radius 1 is 0.464 bits per heavy atom. The number of benzene rings is 2. The Balaban J connectivity index is 1.71. The van der Waals surface area contributed by atoms with Crippen LogP contribution in [0.3, 0.4) is 0 Å². The third-order valence-corrected chi connectivity index (χ3v) is 7.27. The monoisotopic (exact) mass is 414 g/mol. The molecule has 0 spiro atoms. The van der Waals surface area contributed by atoms with Crippen LogP contribution in [0.2, 0.25) is 0 Å². The molecular weight excluding hydrogens is 376 g/mol. The van der Waals surface area contributed by atoms with Crippen molar-refractivity contribution in [1.29, 1.82) is 0 Å². The number of hydrogen-bond donors (Lipinski definition) is 0. The van der Waals surface area contributed by atoms with Crippen molar-refractivity contribution in [3.05, 3.63) is 48.5 Å². The Kier molecular flexibility index (Phi) is 12.6. The minimum absolute atomic E-state index is 1.24. The van der Waals surface area contributed by atoms with Crippen molar-refractivity contribution in [1.82, 2.24) is 0 Å². The Morgan fingerprint density at radius 2 is 0.821 bits per heavy atom. The molecule has 0 aliphatic carbocycles. The average Bonchev–Trinajstić information content (AvgIpc) is 2.74. The average molecular weight is 415 g/mol. The highest BCUT2D eigenvalue weighted by molar-refractivity contribution is 7.99. The minimum atomic E-state index is 1.24. The second kappa shape index (κ2) is 15.0. The molecule has 0 radical (unpaired) electrons. The first kappa shape index (κ1) is 23.4. The predicted octanol–water partition coefficient (Wildman–Crippen LogP) is 9.48. The van der Waals surface area contributed by atoms with E-state index in [-0.39, 0.29) is 0 Å². The van der Waals surface area contributed by atoms with Crippen LogP contribution in [0.1, 0.15) is 78.1 Å². The van der Waals surface area contributed by atoms with E-state index in [1.165, 1.54) is 96.6 Å². The molecule has 0 bridgehead atoms. The molecule has 2 aromatic rings. The maximum absolute atomic E-state index is 2.28. The van der Waals surface area contributed by atoms with Crippen LogP contribution in [0.5, 0.6) is 0 Å². The molecule has 0 N–H and O–H groups in total. The van der Waals surface area contributed by atoms with Crippen LogP contribution in [0.15, 0.2) is 58.3 Å². The van der Waals surface area contributed by atoms with Gasteiger partial charge in [-0.15, -0.1) is 23.5 Å². The van der Waals surface area contributed by atoms with Crippen LogP contribution >= 0.6 is 23.5 Å². The summed E-state index contributed by atoms with van der Waals surface area (Å²) in [5.74, 6) is 2.49. The third kappa shape index (κ3) is 9.56. The summed E-state index contributed by atoms with van der Waals surface area (Å²) in [6.45, 7) is 4.55. The lowest BCUT2D eigenvalue weighted by Gasteiger charge is -2.07. The van der Waals surface area contributed by atoms with E-state index in [4.69, 9.17) is 0 Å². The summed E-state index contributed by atoms with van der Waals surface area (Å²) in [5, 5.41) is 0. The Hall–Kier alpha value is -0.860. The molecule has 0 saturated heterocycles. The van der Waals surface area contributed by atoms with Gasteiger partial charge in [0.05, 0.1) is 0 Å². The number of unbranched alkanes of at least 4 members (excludes halogenated alkanes) is 8. The van der Waals surface area contributed by atoms with Gasteiger partial charge in [-0.25, -0.2) is 0 Å². The Labute approximate surface area is 182 Å². The highest BCUT2D eigenvalue weighted by Crippen LogP contribution is 2.27. The second-order valence-corrected chi connectivity index (χ2v) is 9.91. The fraction of sp³-hybridized carbons (Fsp3) is 0.538. The number of thioether (sulfide) groups is 2. The largest absolute Gasteiger partial charge is 0.126 e. The molecule has 2 rings (SSSR count). The normalized spacial score (nSPS) is 11.1. The van der Waals surface area contributed by atoms with Crippen LogP contribution in [0, 0.1) is 0 Å². The lowest BCUT2D eigenvalue weighted by molar-refractivity contribution is 0.659. The first-order valence-corrected chi connectivity index (χ1v) is 13.3. The molecule has 2 heteroatoms. The van der Waals surface area contributed by atoms with E-state index in [0.29, 0.717) is 0 Å². The van der Waals surface area contributed by atoms with Crippen molar-refractivity contribution in [2.45, 2.75) is 87.8 Å². The highest BCUT2D eigenvalue weighted by Gasteiger charge is 2.01. The van der Waals surface area contributed by atoms with Gasteiger partial charge in [-0.1, -0.05) is 89.5 Å². The molecule has 0 aliphatic rings. The molecule has 154 valence electrons. The van der Waals surface area contributed by atoms with Gasteiger partial charge in [0.2, 0.25) is 0 Å². The van der Waals surface area contributed by atoms with Gasteiger partial charge in [0.1, 0.15) is 0 Å². The molecule has 0 aromatic heterocycles. The van der Waals surface area contributed by atoms with Crippen molar-refractivity contribution in [3.63, 3.8) is 0 Å². The van der Waals surface area contributed by atoms with Gasteiger partial charge in [0.15, 0.2) is 0 Å². The van der Waals surface area contributed by atoms with Crippen LogP contribution in [0.25, 0.3) is 11.1 Å². The van der Waals surface area contributed by atoms with E-state index in [0.717, 1.165) is 0 Å². The number of hydrogen-bond acceptors (Lipinski definition) is 2. The molecule has 0 unspecified atom stereocenters. The molecule has 0 amide bonds. The molecule has 0 atom stereocenters. The maximum Gasteiger partial charge on any atom is 0.00723 e. The first-order valence-electron chi connectivity index (χ1n) is 11.3. The van der Waals surface area contributed by atoms with Crippen molar-refractivity contribution in [2.75, 3.05) is 11.5 Å². The van der Waals surface area contributed by atoms with Crippen molar-refractivity contribution >= 4 is 23.5 Å². The van der Waals surface area contributed by atoms with E-state index in [1.807, 2.05) is 23.5 Å². The smallest absolute Gasteiger partial charge is 0.00723 e. The van der Waals surface area contributed by atoms with Crippen molar-refractivity contribution in [3.8, 4) is 11.1 Å². The van der Waals surface area contributed by atoms with Crippen LogP contribution in [-0.4, -0.2) is 11.5 Å². The fourth-order valence-electron chi connectivity index (χ4n) is 3.28. The zero-order valence-electron chi connectivity index (χ0n) is 17.9. The van der Waals surface area contributed by atoms with Crippen molar-refractivity contribution < 1.29 is 0 Å². The molecule has 28 heavy (non-hydrogen) atoms. The first-order chi connectivity index (χ1) is 13.8. The quantitative estimate of drug-likeness (QED) is 0.210. The highest BCUT2D eigenvalue weighted by atomic mass is 32.2. The van der Waals surface area contributed by atoms with Gasteiger partial charge in [0, 0.05) is 9.79 Å². The van der Waals surface area contributed by atoms with Gasteiger partial charge in [0.25, 0.3) is 0 Å². The summed E-state index contributed by atoms with van der Waals surface area (Å²) >= 11 is 3.99. The second-order valence-electron chi connectivity index (χ2n) is 7.57. The third-order valence-electron chi connectivity index (χ3n) is 5.08. The summed E-state index contributed by atoms with van der Waals surface area (Å²) in [6.07, 6.45) is 13.6. The Morgan fingerprint density at radius 3 is 1.18 bits per heavy atom. The molecule has 0 nitrogen and oxygen atoms in total. The summed E-state index contributed by atoms with van der Waals surface area (Å²) in [4.78, 5) is 2.80. The molecule has 0 heterocycles. The minimum Gasteiger partial charge on any atom is -0.126 e. The zero-order chi connectivity index (χ0) is 19.9. The molecule has 2 aromatic carbocycles. The lowest BCUT2D eigenvalue weighted by Crippen LogP contribution is -1.84. The molecule has 0 saturated carbocycles. The summed E-state index contributed by atoms with van der Waals surface area (Å²) in [6, 6.07) is 18.2. The zero-order valence-corrected chi connectivity index (χ0v) is 19.6. The van der Waals surface area contributed by atoms with E-state index in [1.54, 1.807) is 0 Å². The predicted molar refractivity (Wildman–Crippen MR) is 131 cm³/mol. The van der Waals surface area contributed by atoms with Crippen LogP contribution < -0.4 is 0 Å². The van der Waals surface area contributed by atoms with Crippen LogP contribution in [-0.2, 0) is 0 Å². The molecule has 0 fully saturated rings. The topological polar surface area (TPSA) is 0 Å². The standard InChI is InChI=1S/C26H38S2/c1-3-5-7-9-11-21-27-25-17-13-23(14-18-25)24-15-19-26(20-16-24)28-22-12-10-8-6-4-2/h13-20H,3-12,21-22H2,1-2H3. The van der Waals surface area contributed by atoms with E-state index in [9.17, 15) is 0 Å². The number of rotatable bonds is 15. The maximum atomic E-state index is 2.28. The summed E-state index contributed by atoms with van der Waals surface area (Å²) in [5.41, 5.74) is 2.65. The van der Waals surface area contributed by atoms with E-state index >= 15 is 0 Å². The summed E-state index contributed by atoms with van der Waals surface area (Å²) < 4.78 is 0. The van der Waals surface area contributed by atoms with E-state index < -0.39 is 0 Å². The van der Waals surface area contributed by atoms with Gasteiger partial charge in [-0.2, -0.15) is 0 Å². The van der Waals surface area contributed by atoms with Gasteiger partial charge >= 0.3 is 0 Å². The Bertz CT molecular complexity index is 558. The van der Waals surface area contributed by atoms with Crippen LogP contribution in [0.4, 0.5) is 0 Å². The van der Waals surface area contributed by atoms with E-state index in [2.05, 4.69) is 62.4 Å². The SMILES string of the molecule is CCCCCCCSc1ccc(-c2ccc(SCCCCCCC)cc2)cc1. The molecular formula is C26H38S2. The summed E-state index contributed by atoms with van der Waals surface area (Å²) in [7, 11) is 0. The van der Waals surface area contributed by atoms with Gasteiger partial charge in [-0.05, 0) is 59.7 Å². The van der Waals surface area contributed by atoms with Gasteiger partial charge in [-0.3, -0.25) is 0 Å². The lowest BCUT2D eigenvalue weighted by atomic mass is 10.1. The van der Waals surface area contributed by atoms with Crippen molar-refractivity contribution in [2.24, 2.45) is 0 Å². The van der Waals surface area contributed by atoms with Gasteiger partial charge < -0.3 is 0 Å². The molecule has 0 aliphatic heterocycles.